The second kappa shape index (κ2) is 10.3. The van der Waals surface area contributed by atoms with Crippen molar-refractivity contribution in [3.05, 3.63) is 80.9 Å². The first-order chi connectivity index (χ1) is 18.6. The molecule has 1 N–H and O–H groups in total. The Kier molecular flexibility index (Phi) is 7.03. The highest BCUT2D eigenvalue weighted by Gasteiger charge is 2.48. The Bertz CT molecular complexity index is 1500. The standard InChI is InChI=1S/C30H30N2O6S/c1-6-37-29(36)27-17(5)31-30(39-27)32-24(19-9-7-18(8-10-19)15(2)3)23(26(34)28(32)35)25(33)20-11-12-22-21(14-20)13-16(4)38-22/h7-12,14-16,24,33H,6,13H2,1-5H3/b25-23-. The van der Waals surface area contributed by atoms with Crippen LogP contribution >= 0.6 is 11.3 Å². The molecule has 0 aliphatic carbocycles. The molecular formula is C30H30N2O6S. The molecule has 2 atom stereocenters. The lowest BCUT2D eigenvalue weighted by Gasteiger charge is -2.23. The number of aryl methyl sites for hydroxylation is 1. The normalized spacial score (nSPS) is 19.9. The summed E-state index contributed by atoms with van der Waals surface area (Å²) in [5, 5.41) is 11.7. The number of hydrogen-bond donors (Lipinski definition) is 1. The van der Waals surface area contributed by atoms with Gasteiger partial charge in [-0.05, 0) is 61.6 Å². The van der Waals surface area contributed by atoms with Crippen molar-refractivity contribution in [2.24, 2.45) is 0 Å². The van der Waals surface area contributed by atoms with Crippen LogP contribution in [0.4, 0.5) is 5.13 Å². The number of rotatable bonds is 6. The van der Waals surface area contributed by atoms with E-state index in [9.17, 15) is 19.5 Å². The third-order valence-corrected chi connectivity index (χ3v) is 8.12. The zero-order valence-corrected chi connectivity index (χ0v) is 23.3. The van der Waals surface area contributed by atoms with Gasteiger partial charge in [0.25, 0.3) is 5.78 Å². The maximum absolute atomic E-state index is 13.5. The Hall–Kier alpha value is -3.98. The van der Waals surface area contributed by atoms with E-state index >= 15 is 0 Å². The Morgan fingerprint density at radius 3 is 2.59 bits per heavy atom. The summed E-state index contributed by atoms with van der Waals surface area (Å²) in [6, 6.07) is 11.9. The summed E-state index contributed by atoms with van der Waals surface area (Å²) < 4.78 is 10.9. The van der Waals surface area contributed by atoms with E-state index in [0.29, 0.717) is 23.2 Å². The van der Waals surface area contributed by atoms with Gasteiger partial charge in [0.1, 0.15) is 22.5 Å². The number of ether oxygens (including phenoxy) is 2. The monoisotopic (exact) mass is 546 g/mol. The number of thiazole rings is 1. The van der Waals surface area contributed by atoms with Crippen molar-refractivity contribution in [3.8, 4) is 5.75 Å². The van der Waals surface area contributed by atoms with Gasteiger partial charge in [-0.3, -0.25) is 14.5 Å². The number of esters is 1. The summed E-state index contributed by atoms with van der Waals surface area (Å²) in [6.07, 6.45) is 0.698. The average Bonchev–Trinajstić information content (AvgIpc) is 3.55. The van der Waals surface area contributed by atoms with Crippen LogP contribution in [0.25, 0.3) is 5.76 Å². The molecule has 0 saturated carbocycles. The van der Waals surface area contributed by atoms with Gasteiger partial charge < -0.3 is 14.6 Å². The van der Waals surface area contributed by atoms with Gasteiger partial charge in [0.15, 0.2) is 5.13 Å². The molecule has 2 aliphatic rings. The number of nitrogens with zero attached hydrogens (tertiary/aromatic N) is 2. The quantitative estimate of drug-likeness (QED) is 0.183. The SMILES string of the molecule is CCOC(=O)c1sc(N2C(=O)C(=O)/C(=C(\O)c3ccc4c(c3)CC(C)O4)C2c2ccc(C(C)C)cc2)nc1C. The molecule has 39 heavy (non-hydrogen) atoms. The molecule has 3 aromatic rings. The first-order valence-corrected chi connectivity index (χ1v) is 13.8. The van der Waals surface area contributed by atoms with Crippen LogP contribution in [0.3, 0.4) is 0 Å². The number of aliphatic hydroxyl groups is 1. The molecule has 3 heterocycles. The third-order valence-electron chi connectivity index (χ3n) is 6.98. The van der Waals surface area contributed by atoms with E-state index in [0.717, 1.165) is 28.2 Å². The number of ketones is 1. The van der Waals surface area contributed by atoms with Crippen molar-refractivity contribution in [2.75, 3.05) is 11.5 Å². The summed E-state index contributed by atoms with van der Waals surface area (Å²) in [7, 11) is 0. The molecular weight excluding hydrogens is 516 g/mol. The molecule has 0 radical (unpaired) electrons. The summed E-state index contributed by atoms with van der Waals surface area (Å²) in [5.74, 6) is -1.42. The summed E-state index contributed by atoms with van der Waals surface area (Å²) >= 11 is 0.990. The van der Waals surface area contributed by atoms with Crippen LogP contribution in [-0.2, 0) is 20.7 Å². The van der Waals surface area contributed by atoms with Crippen LogP contribution in [0, 0.1) is 6.92 Å². The largest absolute Gasteiger partial charge is 0.507 e. The molecule has 1 aromatic heterocycles. The lowest BCUT2D eigenvalue weighted by atomic mass is 9.93. The first-order valence-electron chi connectivity index (χ1n) is 13.0. The molecule has 1 fully saturated rings. The van der Waals surface area contributed by atoms with E-state index in [1.165, 1.54) is 4.90 Å². The smallest absolute Gasteiger partial charge is 0.350 e. The number of carbonyl (C=O) groups excluding carboxylic acids is 3. The molecule has 1 amide bonds. The van der Waals surface area contributed by atoms with Crippen LogP contribution in [0.5, 0.6) is 5.75 Å². The van der Waals surface area contributed by atoms with Crippen molar-refractivity contribution in [1.82, 2.24) is 4.98 Å². The fourth-order valence-corrected chi connectivity index (χ4v) is 5.99. The minimum atomic E-state index is -0.935. The summed E-state index contributed by atoms with van der Waals surface area (Å²) in [4.78, 5) is 45.5. The number of aliphatic hydroxyl groups excluding tert-OH is 1. The van der Waals surface area contributed by atoms with Crippen LogP contribution < -0.4 is 9.64 Å². The molecule has 9 heteroatoms. The Labute approximate surface area is 230 Å². The van der Waals surface area contributed by atoms with Gasteiger partial charge in [0.05, 0.1) is 23.9 Å². The Balaban J connectivity index is 1.66. The van der Waals surface area contributed by atoms with Gasteiger partial charge in [-0.2, -0.15) is 0 Å². The lowest BCUT2D eigenvalue weighted by Crippen LogP contribution is -2.29. The highest BCUT2D eigenvalue weighted by molar-refractivity contribution is 7.17. The van der Waals surface area contributed by atoms with Gasteiger partial charge >= 0.3 is 11.9 Å². The van der Waals surface area contributed by atoms with Gasteiger partial charge in [0, 0.05) is 12.0 Å². The van der Waals surface area contributed by atoms with Crippen molar-refractivity contribution in [3.63, 3.8) is 0 Å². The van der Waals surface area contributed by atoms with Crippen molar-refractivity contribution >= 4 is 39.9 Å². The van der Waals surface area contributed by atoms with Gasteiger partial charge in [-0.1, -0.05) is 49.4 Å². The number of amides is 1. The zero-order valence-electron chi connectivity index (χ0n) is 22.5. The van der Waals surface area contributed by atoms with Crippen LogP contribution in [0.1, 0.15) is 77.3 Å². The van der Waals surface area contributed by atoms with E-state index in [2.05, 4.69) is 18.8 Å². The first kappa shape index (κ1) is 26.6. The molecule has 2 aliphatic heterocycles. The van der Waals surface area contributed by atoms with E-state index in [1.54, 1.807) is 32.0 Å². The number of carbonyl (C=O) groups is 3. The lowest BCUT2D eigenvalue weighted by molar-refractivity contribution is -0.132. The minimum Gasteiger partial charge on any atom is -0.507 e. The molecule has 8 nitrogen and oxygen atoms in total. The molecule has 1 saturated heterocycles. The van der Waals surface area contributed by atoms with Gasteiger partial charge in [0.2, 0.25) is 0 Å². The third kappa shape index (κ3) is 4.71. The maximum atomic E-state index is 13.5. The second-order valence-corrected chi connectivity index (χ2v) is 11.1. The number of fused-ring (bicyclic) bond motifs is 1. The average molecular weight is 547 g/mol. The Morgan fingerprint density at radius 1 is 1.21 bits per heavy atom. The fourth-order valence-electron chi connectivity index (χ4n) is 5.00. The van der Waals surface area contributed by atoms with E-state index < -0.39 is 23.7 Å². The highest BCUT2D eigenvalue weighted by atomic mass is 32.1. The number of hydrogen-bond acceptors (Lipinski definition) is 8. The van der Waals surface area contributed by atoms with E-state index in [-0.39, 0.29) is 40.0 Å². The number of benzene rings is 2. The molecule has 5 rings (SSSR count). The van der Waals surface area contributed by atoms with E-state index in [4.69, 9.17) is 9.47 Å². The topological polar surface area (TPSA) is 106 Å². The second-order valence-electron chi connectivity index (χ2n) is 10.1. The van der Waals surface area contributed by atoms with Crippen LogP contribution in [-0.4, -0.2) is 40.5 Å². The summed E-state index contributed by atoms with van der Waals surface area (Å²) in [5.41, 5.74) is 3.46. The van der Waals surface area contributed by atoms with Crippen molar-refractivity contribution in [1.29, 1.82) is 0 Å². The van der Waals surface area contributed by atoms with Crippen LogP contribution in [0.15, 0.2) is 48.0 Å². The number of aromatic nitrogens is 1. The fraction of sp³-hybridized carbons (Fsp3) is 0.333. The maximum Gasteiger partial charge on any atom is 0.350 e. The van der Waals surface area contributed by atoms with Gasteiger partial charge in [-0.25, -0.2) is 9.78 Å². The van der Waals surface area contributed by atoms with Crippen LogP contribution in [0.2, 0.25) is 0 Å². The Morgan fingerprint density at radius 2 is 1.92 bits per heavy atom. The minimum absolute atomic E-state index is 0.0178. The number of anilines is 1. The summed E-state index contributed by atoms with van der Waals surface area (Å²) in [6.45, 7) is 9.68. The van der Waals surface area contributed by atoms with Crippen molar-refractivity contribution in [2.45, 2.75) is 59.1 Å². The van der Waals surface area contributed by atoms with Crippen molar-refractivity contribution < 1.29 is 29.0 Å². The molecule has 202 valence electrons. The zero-order chi connectivity index (χ0) is 28.0. The predicted molar refractivity (Wildman–Crippen MR) is 148 cm³/mol. The van der Waals surface area contributed by atoms with Gasteiger partial charge in [-0.15, -0.1) is 0 Å². The molecule has 2 unspecified atom stereocenters. The molecule has 0 spiro atoms. The van der Waals surface area contributed by atoms with E-state index in [1.807, 2.05) is 31.2 Å². The number of Topliss-reactive ketones (excluding diaryl/α,β-unsaturated/α-hetero) is 1. The molecule has 0 bridgehead atoms. The molecule has 2 aromatic carbocycles. The predicted octanol–water partition coefficient (Wildman–Crippen LogP) is 5.70. The highest BCUT2D eigenvalue weighted by Crippen LogP contribution is 2.44.